The number of rotatable bonds is 2. The first-order chi connectivity index (χ1) is 15.2. The number of nitrogens with one attached hydrogen (secondary N) is 1. The Morgan fingerprint density at radius 2 is 1.87 bits per heavy atom. The Kier molecular flexibility index (Phi) is 4.91. The average Bonchev–Trinajstić information content (AvgIpc) is 2.78. The summed E-state index contributed by atoms with van der Waals surface area (Å²) >= 11 is 0. The normalized spacial score (nSPS) is 18.0. The number of aryl methyl sites for hydroxylation is 1. The molecule has 2 aromatic carbocycles. The molecule has 1 N–H and O–H groups in total. The van der Waals surface area contributed by atoms with Crippen LogP contribution in [0.2, 0.25) is 0 Å². The van der Waals surface area contributed by atoms with Crippen molar-refractivity contribution in [2.45, 2.75) is 31.7 Å². The number of benzene rings is 2. The molecule has 2 heterocycles. The minimum absolute atomic E-state index is 0.0447. The summed E-state index contributed by atoms with van der Waals surface area (Å²) < 4.78 is 0. The van der Waals surface area contributed by atoms with Crippen LogP contribution in [0.3, 0.4) is 0 Å². The third kappa shape index (κ3) is 3.55. The van der Waals surface area contributed by atoms with Crippen LogP contribution in [-0.2, 0) is 0 Å². The Labute approximate surface area is 182 Å². The largest absolute Gasteiger partial charge is 0.351 e. The van der Waals surface area contributed by atoms with Gasteiger partial charge in [-0.25, -0.2) is 4.98 Å². The maximum absolute atomic E-state index is 9.37. The zero-order chi connectivity index (χ0) is 21.3. The van der Waals surface area contributed by atoms with Crippen molar-refractivity contribution in [3.63, 3.8) is 0 Å². The van der Waals surface area contributed by atoms with Gasteiger partial charge >= 0.3 is 0 Å². The van der Waals surface area contributed by atoms with Gasteiger partial charge in [0, 0.05) is 25.3 Å². The van der Waals surface area contributed by atoms with Crippen LogP contribution in [0.4, 0.5) is 11.5 Å². The van der Waals surface area contributed by atoms with E-state index in [0.717, 1.165) is 60.6 Å². The fraction of sp³-hybridized carbons (Fsp3) is 0.333. The minimum Gasteiger partial charge on any atom is -0.351 e. The number of nitriles is 1. The van der Waals surface area contributed by atoms with Crippen LogP contribution >= 0.6 is 0 Å². The molecule has 0 radical (unpaired) electrons. The van der Waals surface area contributed by atoms with Crippen LogP contribution in [0.5, 0.6) is 0 Å². The molecular formula is C24H25N7. The second-order valence-electron chi connectivity index (χ2n) is 8.34. The Bertz CT molecular complexity index is 1180. The van der Waals surface area contributed by atoms with Gasteiger partial charge in [0.2, 0.25) is 12.2 Å². The smallest absolute Gasteiger partial charge is 0.214 e. The molecule has 31 heavy (non-hydrogen) atoms. The summed E-state index contributed by atoms with van der Waals surface area (Å²) in [5, 5.41) is 12.8. The molecule has 1 aromatic heterocycles. The van der Waals surface area contributed by atoms with E-state index in [0.29, 0.717) is 5.96 Å². The highest BCUT2D eigenvalue weighted by atomic mass is 15.4. The van der Waals surface area contributed by atoms with Gasteiger partial charge < -0.3 is 15.1 Å². The lowest BCUT2D eigenvalue weighted by Gasteiger charge is -2.56. The number of piperazine rings is 1. The number of hydrogen-bond donors (Lipinski definition) is 1. The van der Waals surface area contributed by atoms with Crippen molar-refractivity contribution in [3.05, 3.63) is 60.3 Å². The van der Waals surface area contributed by atoms with Crippen LogP contribution in [0.1, 0.15) is 24.8 Å². The molecule has 7 nitrogen and oxygen atoms in total. The molecular weight excluding hydrogens is 386 g/mol. The van der Waals surface area contributed by atoms with Gasteiger partial charge in [0.15, 0.2) is 0 Å². The van der Waals surface area contributed by atoms with Crippen LogP contribution in [0.25, 0.3) is 11.0 Å². The van der Waals surface area contributed by atoms with Crippen molar-refractivity contribution in [2.75, 3.05) is 29.9 Å². The molecule has 7 heteroatoms. The van der Waals surface area contributed by atoms with Crippen LogP contribution in [0, 0.1) is 18.4 Å². The lowest BCUT2D eigenvalue weighted by Crippen LogP contribution is -2.68. The van der Waals surface area contributed by atoms with E-state index in [9.17, 15) is 5.26 Å². The van der Waals surface area contributed by atoms with Gasteiger partial charge in [-0.15, -0.1) is 4.99 Å². The summed E-state index contributed by atoms with van der Waals surface area (Å²) in [7, 11) is 0. The zero-order valence-corrected chi connectivity index (χ0v) is 17.6. The highest BCUT2D eigenvalue weighted by Crippen LogP contribution is 2.41. The average molecular weight is 412 g/mol. The van der Waals surface area contributed by atoms with Crippen LogP contribution in [-0.4, -0.2) is 46.0 Å². The fourth-order valence-corrected chi connectivity index (χ4v) is 4.65. The summed E-state index contributed by atoms with van der Waals surface area (Å²) in [6, 6.07) is 16.1. The standard InChI is InChI=1S/C24H25N7/c1-18-7-2-3-8-19(18)29-23(27-17-25)31-14-13-30(16-24(31)11-6-12-24)22-15-26-20-9-4-5-10-21(20)28-22/h2-5,7-10,15H,6,11-14,16H2,1H3,(H,27,29). The first kappa shape index (κ1) is 19.3. The first-order valence-corrected chi connectivity index (χ1v) is 10.7. The maximum atomic E-state index is 9.37. The topological polar surface area (TPSA) is 80.4 Å². The van der Waals surface area contributed by atoms with Crippen LogP contribution < -0.4 is 10.2 Å². The van der Waals surface area contributed by atoms with Crippen molar-refractivity contribution >= 4 is 28.5 Å². The molecule has 5 rings (SSSR count). The Morgan fingerprint density at radius 1 is 1.10 bits per heavy atom. The first-order valence-electron chi connectivity index (χ1n) is 10.7. The van der Waals surface area contributed by atoms with E-state index in [1.54, 1.807) is 0 Å². The van der Waals surface area contributed by atoms with Gasteiger partial charge in [-0.1, -0.05) is 30.3 Å². The van der Waals surface area contributed by atoms with E-state index >= 15 is 0 Å². The predicted octanol–water partition coefficient (Wildman–Crippen LogP) is 3.93. The third-order valence-corrected chi connectivity index (χ3v) is 6.50. The number of nitrogens with zero attached hydrogens (tertiary/aromatic N) is 6. The minimum atomic E-state index is -0.0447. The van der Waals surface area contributed by atoms with Gasteiger partial charge in [0.25, 0.3) is 0 Å². The lowest BCUT2D eigenvalue weighted by molar-refractivity contribution is 0.0650. The second kappa shape index (κ2) is 7.88. The van der Waals surface area contributed by atoms with Gasteiger partial charge in [0.1, 0.15) is 5.82 Å². The number of anilines is 2. The van der Waals surface area contributed by atoms with Gasteiger partial charge in [0.05, 0.1) is 22.8 Å². The van der Waals surface area contributed by atoms with E-state index in [2.05, 4.69) is 38.1 Å². The Balaban J connectivity index is 1.42. The maximum Gasteiger partial charge on any atom is 0.214 e. The van der Waals surface area contributed by atoms with Gasteiger partial charge in [-0.2, -0.15) is 5.26 Å². The Morgan fingerprint density at radius 3 is 2.61 bits per heavy atom. The molecule has 156 valence electrons. The number of fused-ring (bicyclic) bond motifs is 1. The molecule has 0 bridgehead atoms. The number of aliphatic imine (C=N–C) groups is 1. The lowest BCUT2D eigenvalue weighted by atomic mass is 9.73. The van der Waals surface area contributed by atoms with Crippen molar-refractivity contribution < 1.29 is 0 Å². The SMILES string of the molecule is Cc1ccccc1N/C(=N/C#N)N1CCN(c2cnc3ccccc3n2)CC12CCC2. The highest BCUT2D eigenvalue weighted by molar-refractivity contribution is 5.95. The highest BCUT2D eigenvalue weighted by Gasteiger charge is 2.48. The summed E-state index contributed by atoms with van der Waals surface area (Å²) in [4.78, 5) is 18.3. The van der Waals surface area contributed by atoms with Crippen molar-refractivity contribution in [3.8, 4) is 6.19 Å². The molecule has 1 saturated heterocycles. The molecule has 2 fully saturated rings. The number of para-hydroxylation sites is 3. The summed E-state index contributed by atoms with van der Waals surface area (Å²) in [6.45, 7) is 4.48. The summed E-state index contributed by atoms with van der Waals surface area (Å²) in [5.74, 6) is 1.55. The molecule has 3 aromatic rings. The number of aromatic nitrogens is 2. The van der Waals surface area contributed by atoms with Crippen molar-refractivity contribution in [2.24, 2.45) is 4.99 Å². The van der Waals surface area contributed by atoms with Crippen molar-refractivity contribution in [1.29, 1.82) is 5.26 Å². The molecule has 1 saturated carbocycles. The Hall–Kier alpha value is -3.66. The second-order valence-corrected chi connectivity index (χ2v) is 8.34. The van der Waals surface area contributed by atoms with Crippen LogP contribution in [0.15, 0.2) is 59.7 Å². The van der Waals surface area contributed by atoms with E-state index in [-0.39, 0.29) is 5.54 Å². The van der Waals surface area contributed by atoms with Crippen molar-refractivity contribution in [1.82, 2.24) is 14.9 Å². The fourth-order valence-electron chi connectivity index (χ4n) is 4.65. The molecule has 0 atom stereocenters. The van der Waals surface area contributed by atoms with E-state index in [4.69, 9.17) is 4.98 Å². The molecule has 0 amide bonds. The summed E-state index contributed by atoms with van der Waals surface area (Å²) in [5.41, 5.74) is 3.89. The monoisotopic (exact) mass is 411 g/mol. The zero-order valence-electron chi connectivity index (χ0n) is 17.6. The quantitative estimate of drug-likeness (QED) is 0.391. The van der Waals surface area contributed by atoms with E-state index in [1.807, 2.05) is 54.9 Å². The third-order valence-electron chi connectivity index (χ3n) is 6.50. The summed E-state index contributed by atoms with van der Waals surface area (Å²) in [6.07, 6.45) is 7.20. The molecule has 1 spiro atoms. The van der Waals surface area contributed by atoms with E-state index < -0.39 is 0 Å². The molecule has 1 aliphatic carbocycles. The predicted molar refractivity (Wildman–Crippen MR) is 123 cm³/mol. The molecule has 0 unspecified atom stereocenters. The van der Waals surface area contributed by atoms with Gasteiger partial charge in [-0.3, -0.25) is 4.98 Å². The van der Waals surface area contributed by atoms with Gasteiger partial charge in [-0.05, 0) is 49.9 Å². The number of hydrogen-bond acceptors (Lipinski definition) is 5. The molecule has 1 aliphatic heterocycles. The van der Waals surface area contributed by atoms with E-state index in [1.165, 1.54) is 6.42 Å². The molecule has 2 aliphatic rings. The number of guanidine groups is 1.